The summed E-state index contributed by atoms with van der Waals surface area (Å²) in [6.07, 6.45) is 16.0. The van der Waals surface area contributed by atoms with Crippen molar-refractivity contribution in [1.29, 1.82) is 0 Å². The van der Waals surface area contributed by atoms with Crippen molar-refractivity contribution in [3.8, 4) is 11.1 Å². The maximum Gasteiger partial charge on any atom is 0.0703 e. The van der Waals surface area contributed by atoms with Gasteiger partial charge in [0.15, 0.2) is 0 Å². The second-order valence-electron chi connectivity index (χ2n) is 9.62. The summed E-state index contributed by atoms with van der Waals surface area (Å²) in [7, 11) is 0. The zero-order valence-electron chi connectivity index (χ0n) is 21.8. The highest BCUT2D eigenvalue weighted by molar-refractivity contribution is 5.67. The van der Waals surface area contributed by atoms with Gasteiger partial charge in [0.1, 0.15) is 0 Å². The number of rotatable bonds is 7. The first-order chi connectivity index (χ1) is 17.5. The van der Waals surface area contributed by atoms with E-state index in [1.165, 1.54) is 33.6 Å². The largest absolute Gasteiger partial charge is 0.335 e. The van der Waals surface area contributed by atoms with Gasteiger partial charge in [0.05, 0.1) is 6.04 Å². The highest BCUT2D eigenvalue weighted by atomic mass is 15.2. The minimum atomic E-state index is 0.133. The fraction of sp³-hybridized carbons (Fsp3) is 0.200. The van der Waals surface area contributed by atoms with E-state index in [0.29, 0.717) is 5.92 Å². The molecule has 1 aliphatic rings. The van der Waals surface area contributed by atoms with E-state index in [0.717, 1.165) is 18.4 Å². The zero-order chi connectivity index (χ0) is 25.3. The van der Waals surface area contributed by atoms with Crippen LogP contribution in [-0.4, -0.2) is 6.04 Å². The van der Waals surface area contributed by atoms with Gasteiger partial charge in [-0.25, -0.2) is 0 Å². The van der Waals surface area contributed by atoms with Crippen LogP contribution in [-0.2, 0) is 0 Å². The average molecular weight is 472 g/mol. The molecule has 1 heteroatoms. The molecular formula is C35H37N. The number of allylic oxidation sites excluding steroid dienone is 7. The van der Waals surface area contributed by atoms with E-state index >= 15 is 0 Å². The third-order valence-corrected chi connectivity index (χ3v) is 6.92. The molecule has 3 aromatic carbocycles. The number of hydrogen-bond acceptors (Lipinski definition) is 1. The average Bonchev–Trinajstić information content (AvgIpc) is 2.90. The lowest BCUT2D eigenvalue weighted by Gasteiger charge is -2.32. The third kappa shape index (κ3) is 6.43. The van der Waals surface area contributed by atoms with Crippen LogP contribution in [0, 0.1) is 0 Å². The number of hydrogen-bond donors (Lipinski definition) is 0. The fourth-order valence-electron chi connectivity index (χ4n) is 4.59. The maximum atomic E-state index is 4.09. The van der Waals surface area contributed by atoms with Gasteiger partial charge >= 0.3 is 0 Å². The summed E-state index contributed by atoms with van der Waals surface area (Å²) in [5, 5.41) is 0. The van der Waals surface area contributed by atoms with Gasteiger partial charge in [-0.1, -0.05) is 115 Å². The van der Waals surface area contributed by atoms with Gasteiger partial charge < -0.3 is 4.90 Å². The Bertz CT molecular complexity index is 1260. The van der Waals surface area contributed by atoms with E-state index in [4.69, 9.17) is 0 Å². The van der Waals surface area contributed by atoms with Crippen molar-refractivity contribution >= 4 is 5.69 Å². The molecule has 4 rings (SSSR count). The van der Waals surface area contributed by atoms with Crippen molar-refractivity contribution in [1.82, 2.24) is 0 Å². The lowest BCUT2D eigenvalue weighted by Crippen LogP contribution is -2.31. The van der Waals surface area contributed by atoms with Crippen LogP contribution in [0.4, 0.5) is 5.69 Å². The predicted molar refractivity (Wildman–Crippen MR) is 157 cm³/mol. The molecule has 0 spiro atoms. The highest BCUT2D eigenvalue weighted by Gasteiger charge is 2.19. The highest BCUT2D eigenvalue weighted by Crippen LogP contribution is 2.31. The quantitative estimate of drug-likeness (QED) is 0.245. The minimum Gasteiger partial charge on any atom is -0.335 e. The van der Waals surface area contributed by atoms with Crippen molar-refractivity contribution in [3.05, 3.63) is 150 Å². The molecule has 1 nitrogen and oxygen atoms in total. The Balaban J connectivity index is 1.70. The van der Waals surface area contributed by atoms with Gasteiger partial charge in [-0.15, -0.1) is 0 Å². The van der Waals surface area contributed by atoms with E-state index in [2.05, 4.69) is 154 Å². The third-order valence-electron chi connectivity index (χ3n) is 6.92. The van der Waals surface area contributed by atoms with Gasteiger partial charge in [0.2, 0.25) is 0 Å². The molecule has 0 bridgehead atoms. The number of anilines is 1. The van der Waals surface area contributed by atoms with Crippen LogP contribution in [0.25, 0.3) is 11.1 Å². The normalized spacial score (nSPS) is 18.4. The summed E-state index contributed by atoms with van der Waals surface area (Å²) in [6, 6.07) is 30.5. The smallest absolute Gasteiger partial charge is 0.0703 e. The van der Waals surface area contributed by atoms with E-state index < -0.39 is 0 Å². The van der Waals surface area contributed by atoms with Crippen LogP contribution in [0.2, 0.25) is 0 Å². The molecule has 0 saturated carbocycles. The molecule has 2 atom stereocenters. The van der Waals surface area contributed by atoms with Crippen LogP contribution in [0.3, 0.4) is 0 Å². The lowest BCUT2D eigenvalue weighted by atomic mass is 9.91. The molecular weight excluding hydrogens is 434 g/mol. The summed E-state index contributed by atoms with van der Waals surface area (Å²) in [6.45, 7) is 10.5. The lowest BCUT2D eigenvalue weighted by molar-refractivity contribution is 0.730. The van der Waals surface area contributed by atoms with Crippen molar-refractivity contribution in [3.63, 3.8) is 0 Å². The monoisotopic (exact) mass is 471 g/mol. The van der Waals surface area contributed by atoms with Crippen LogP contribution in [0.1, 0.15) is 45.1 Å². The van der Waals surface area contributed by atoms with Gasteiger partial charge in [-0.05, 0) is 74.1 Å². The summed E-state index contributed by atoms with van der Waals surface area (Å²) in [5.41, 5.74) is 8.51. The predicted octanol–water partition coefficient (Wildman–Crippen LogP) is 9.64. The van der Waals surface area contributed by atoms with E-state index in [9.17, 15) is 0 Å². The molecule has 182 valence electrons. The molecule has 0 radical (unpaired) electrons. The van der Waals surface area contributed by atoms with Crippen molar-refractivity contribution in [2.75, 3.05) is 4.90 Å². The first-order valence-corrected chi connectivity index (χ1v) is 12.9. The van der Waals surface area contributed by atoms with Crippen LogP contribution in [0.15, 0.2) is 145 Å². The molecule has 0 aromatic heterocycles. The maximum absolute atomic E-state index is 4.09. The van der Waals surface area contributed by atoms with Crippen molar-refractivity contribution in [2.24, 2.45) is 0 Å². The SMILES string of the molecule is C=C(C)/C(C)=C/C=C(\C)N(c1ccc(-c2ccccc2)cc1)C1C=CCCC(c2ccccc2)C=C1. The van der Waals surface area contributed by atoms with Gasteiger partial charge in [0, 0.05) is 17.3 Å². The first-order valence-electron chi connectivity index (χ1n) is 12.9. The minimum absolute atomic E-state index is 0.133. The van der Waals surface area contributed by atoms with E-state index in [1.807, 2.05) is 0 Å². The fourth-order valence-corrected chi connectivity index (χ4v) is 4.59. The Morgan fingerprint density at radius 2 is 1.39 bits per heavy atom. The second-order valence-corrected chi connectivity index (χ2v) is 9.62. The zero-order valence-corrected chi connectivity index (χ0v) is 21.8. The topological polar surface area (TPSA) is 3.24 Å². The van der Waals surface area contributed by atoms with E-state index in [-0.39, 0.29) is 6.04 Å². The van der Waals surface area contributed by atoms with Gasteiger partial charge in [-0.3, -0.25) is 0 Å². The Hall–Kier alpha value is -3.84. The Kier molecular flexibility index (Phi) is 8.57. The first kappa shape index (κ1) is 25.3. The molecule has 0 saturated heterocycles. The number of nitrogens with zero attached hydrogens (tertiary/aromatic N) is 1. The molecule has 3 aromatic rings. The van der Waals surface area contributed by atoms with Crippen molar-refractivity contribution in [2.45, 2.75) is 45.6 Å². The molecule has 0 heterocycles. The summed E-state index contributed by atoms with van der Waals surface area (Å²) < 4.78 is 0. The number of benzene rings is 3. The molecule has 0 N–H and O–H groups in total. The van der Waals surface area contributed by atoms with Crippen LogP contribution >= 0.6 is 0 Å². The Morgan fingerprint density at radius 3 is 2.06 bits per heavy atom. The second kappa shape index (κ2) is 12.2. The molecule has 36 heavy (non-hydrogen) atoms. The summed E-state index contributed by atoms with van der Waals surface area (Å²) >= 11 is 0. The standard InChI is InChI=1S/C35H37N/c1-27(2)28(3)19-20-29(4)36(35-25-22-33(23-26-35)31-15-9-6-10-16-31)34-18-12-11-17-32(21-24-34)30-13-7-5-8-14-30/h5-10,12-16,18-26,32,34H,1,11,17H2,2-4H3/b18-12?,24-21?,28-19+,29-20+. The summed E-state index contributed by atoms with van der Waals surface area (Å²) in [5.74, 6) is 0.427. The van der Waals surface area contributed by atoms with Crippen LogP contribution < -0.4 is 4.90 Å². The molecule has 0 aliphatic heterocycles. The Morgan fingerprint density at radius 1 is 0.750 bits per heavy atom. The van der Waals surface area contributed by atoms with Gasteiger partial charge in [-0.2, -0.15) is 0 Å². The molecule has 1 aliphatic carbocycles. The molecule has 2 unspecified atom stereocenters. The van der Waals surface area contributed by atoms with E-state index in [1.54, 1.807) is 0 Å². The molecule has 0 amide bonds. The van der Waals surface area contributed by atoms with Crippen molar-refractivity contribution < 1.29 is 0 Å². The summed E-state index contributed by atoms with van der Waals surface area (Å²) in [4.78, 5) is 2.43. The van der Waals surface area contributed by atoms with Gasteiger partial charge in [0.25, 0.3) is 0 Å². The Labute approximate surface area is 217 Å². The van der Waals surface area contributed by atoms with Crippen LogP contribution in [0.5, 0.6) is 0 Å². The molecule has 0 fully saturated rings.